The minimum Gasteiger partial charge on any atom is -0.264 e. The summed E-state index contributed by atoms with van der Waals surface area (Å²) in [5, 5.41) is 0.196. The first-order chi connectivity index (χ1) is 10.1. The van der Waals surface area contributed by atoms with E-state index in [0.717, 1.165) is 18.4 Å². The summed E-state index contributed by atoms with van der Waals surface area (Å²) in [6, 6.07) is 5.18. The molecule has 21 heavy (non-hydrogen) atoms. The summed E-state index contributed by atoms with van der Waals surface area (Å²) in [6.07, 6.45) is 7.86. The molecular weight excluding hydrogens is 310 g/mol. The Bertz CT molecular complexity index is 733. The predicted octanol–water partition coefficient (Wildman–Crippen LogP) is 2.48. The molecule has 0 amide bonds. The number of nitrogens with zero attached hydrogens (tertiary/aromatic N) is 3. The summed E-state index contributed by atoms with van der Waals surface area (Å²) >= 11 is 6.02. The molecule has 0 N–H and O–H groups in total. The largest absolute Gasteiger partial charge is 0.264 e. The smallest absolute Gasteiger partial charge is 0.246 e. The summed E-state index contributed by atoms with van der Waals surface area (Å²) in [6.45, 7) is 0.298. The second-order valence-corrected chi connectivity index (χ2v) is 7.21. The number of sulfonamides is 1. The monoisotopic (exact) mass is 323 g/mol. The molecule has 110 valence electrons. The zero-order chi connectivity index (χ0) is 14.9. The lowest BCUT2D eigenvalue weighted by Crippen LogP contribution is -2.33. The molecular formula is C14H14ClN3O2S. The van der Waals surface area contributed by atoms with E-state index in [2.05, 4.69) is 9.97 Å². The van der Waals surface area contributed by atoms with Crippen molar-refractivity contribution in [2.75, 3.05) is 0 Å². The van der Waals surface area contributed by atoms with Gasteiger partial charge < -0.3 is 0 Å². The van der Waals surface area contributed by atoms with Gasteiger partial charge in [-0.2, -0.15) is 4.31 Å². The minimum absolute atomic E-state index is 0.0338. The highest BCUT2D eigenvalue weighted by atomic mass is 35.5. The molecule has 0 aliphatic heterocycles. The van der Waals surface area contributed by atoms with E-state index < -0.39 is 10.0 Å². The zero-order valence-corrected chi connectivity index (χ0v) is 12.8. The van der Waals surface area contributed by atoms with E-state index in [0.29, 0.717) is 6.54 Å². The first-order valence-electron chi connectivity index (χ1n) is 6.59. The van der Waals surface area contributed by atoms with Crippen LogP contribution in [0.4, 0.5) is 0 Å². The van der Waals surface area contributed by atoms with Crippen molar-refractivity contribution in [2.45, 2.75) is 30.3 Å². The molecule has 7 heteroatoms. The lowest BCUT2D eigenvalue weighted by molar-refractivity contribution is 0.398. The topological polar surface area (TPSA) is 63.2 Å². The highest BCUT2D eigenvalue weighted by molar-refractivity contribution is 7.89. The van der Waals surface area contributed by atoms with Crippen LogP contribution in [0, 0.1) is 0 Å². The van der Waals surface area contributed by atoms with Gasteiger partial charge in [-0.05, 0) is 30.5 Å². The van der Waals surface area contributed by atoms with Crippen LogP contribution in [0.3, 0.4) is 0 Å². The van der Waals surface area contributed by atoms with Crippen molar-refractivity contribution in [1.82, 2.24) is 14.3 Å². The van der Waals surface area contributed by atoms with Crippen LogP contribution in [0.5, 0.6) is 0 Å². The van der Waals surface area contributed by atoms with Crippen LogP contribution in [0.15, 0.2) is 47.9 Å². The lowest BCUT2D eigenvalue weighted by atomic mass is 10.3. The van der Waals surface area contributed by atoms with Gasteiger partial charge in [-0.25, -0.2) is 8.42 Å². The summed E-state index contributed by atoms with van der Waals surface area (Å²) in [7, 11) is -3.66. The van der Waals surface area contributed by atoms with Gasteiger partial charge >= 0.3 is 0 Å². The van der Waals surface area contributed by atoms with E-state index in [4.69, 9.17) is 11.6 Å². The third-order valence-corrected chi connectivity index (χ3v) is 5.70. The first-order valence-corrected chi connectivity index (χ1v) is 8.41. The third kappa shape index (κ3) is 3.07. The maximum absolute atomic E-state index is 12.8. The van der Waals surface area contributed by atoms with Gasteiger partial charge in [0.15, 0.2) is 0 Å². The van der Waals surface area contributed by atoms with Gasteiger partial charge in [0.25, 0.3) is 0 Å². The minimum atomic E-state index is -3.66. The molecule has 2 heterocycles. The van der Waals surface area contributed by atoms with Gasteiger partial charge in [-0.1, -0.05) is 17.7 Å². The number of halogens is 1. The Labute approximate surface area is 128 Å². The van der Waals surface area contributed by atoms with Crippen molar-refractivity contribution in [3.8, 4) is 0 Å². The second-order valence-electron chi connectivity index (χ2n) is 4.95. The molecule has 0 atom stereocenters. The van der Waals surface area contributed by atoms with E-state index in [1.54, 1.807) is 18.5 Å². The maximum atomic E-state index is 12.8. The average molecular weight is 324 g/mol. The summed E-state index contributed by atoms with van der Waals surface area (Å²) in [5.41, 5.74) is 0.855. The second kappa shape index (κ2) is 5.71. The molecule has 0 saturated heterocycles. The number of hydrogen-bond donors (Lipinski definition) is 0. The fourth-order valence-electron chi connectivity index (χ4n) is 2.12. The van der Waals surface area contributed by atoms with Gasteiger partial charge in [0, 0.05) is 37.4 Å². The van der Waals surface area contributed by atoms with Crippen LogP contribution >= 0.6 is 11.6 Å². The van der Waals surface area contributed by atoms with Crippen LogP contribution < -0.4 is 0 Å². The van der Waals surface area contributed by atoms with E-state index in [-0.39, 0.29) is 16.0 Å². The third-order valence-electron chi connectivity index (χ3n) is 3.34. The number of aromatic nitrogens is 2. The predicted molar refractivity (Wildman–Crippen MR) is 79.2 cm³/mol. The normalized spacial score (nSPS) is 15.3. The fraction of sp³-hybridized carbons (Fsp3) is 0.286. The van der Waals surface area contributed by atoms with Gasteiger partial charge in [0.05, 0.1) is 5.02 Å². The first kappa shape index (κ1) is 14.4. The highest BCUT2D eigenvalue weighted by Gasteiger charge is 2.39. The molecule has 2 aromatic rings. The molecule has 1 saturated carbocycles. The Morgan fingerprint density at radius 2 is 1.95 bits per heavy atom. The standard InChI is InChI=1S/C14H14ClN3O2S/c15-13-5-7-17-9-14(13)21(19,20)18(12-3-4-12)10-11-2-1-6-16-8-11/h1-2,5-9,12H,3-4,10H2. The molecule has 0 unspecified atom stereocenters. The van der Waals surface area contributed by atoms with Crippen LogP contribution in [-0.4, -0.2) is 28.7 Å². The number of rotatable bonds is 5. The quantitative estimate of drug-likeness (QED) is 0.848. The van der Waals surface area contributed by atoms with Crippen molar-refractivity contribution in [2.24, 2.45) is 0 Å². The lowest BCUT2D eigenvalue weighted by Gasteiger charge is -2.22. The molecule has 0 spiro atoms. The highest BCUT2D eigenvalue weighted by Crippen LogP contribution is 2.35. The molecule has 0 bridgehead atoms. The Hall–Kier alpha value is -1.50. The van der Waals surface area contributed by atoms with Crippen LogP contribution in [0.2, 0.25) is 5.02 Å². The summed E-state index contributed by atoms with van der Waals surface area (Å²) in [5.74, 6) is 0. The zero-order valence-electron chi connectivity index (χ0n) is 11.2. The molecule has 0 aromatic carbocycles. The van der Waals surface area contributed by atoms with E-state index in [9.17, 15) is 8.42 Å². The van der Waals surface area contributed by atoms with Crippen molar-refractivity contribution in [3.05, 3.63) is 53.6 Å². The Morgan fingerprint density at radius 1 is 1.19 bits per heavy atom. The Balaban J connectivity index is 1.96. The molecule has 5 nitrogen and oxygen atoms in total. The number of hydrogen-bond acceptors (Lipinski definition) is 4. The Morgan fingerprint density at radius 3 is 2.57 bits per heavy atom. The van der Waals surface area contributed by atoms with E-state index in [1.807, 2.05) is 6.07 Å². The van der Waals surface area contributed by atoms with E-state index in [1.165, 1.54) is 22.8 Å². The molecule has 2 aromatic heterocycles. The van der Waals surface area contributed by atoms with E-state index >= 15 is 0 Å². The van der Waals surface area contributed by atoms with Gasteiger partial charge in [0.1, 0.15) is 4.90 Å². The van der Waals surface area contributed by atoms with Crippen LogP contribution in [0.1, 0.15) is 18.4 Å². The van der Waals surface area contributed by atoms with Crippen molar-refractivity contribution < 1.29 is 8.42 Å². The van der Waals surface area contributed by atoms with Crippen LogP contribution in [0.25, 0.3) is 0 Å². The fourth-order valence-corrected chi connectivity index (χ4v) is 4.20. The average Bonchev–Trinajstić information content (AvgIpc) is 3.30. The molecule has 0 radical (unpaired) electrons. The molecule has 1 aliphatic rings. The van der Waals surface area contributed by atoms with Crippen molar-refractivity contribution in [1.29, 1.82) is 0 Å². The summed E-state index contributed by atoms with van der Waals surface area (Å²) < 4.78 is 27.1. The van der Waals surface area contributed by atoms with Crippen LogP contribution in [-0.2, 0) is 16.6 Å². The molecule has 1 fully saturated rings. The van der Waals surface area contributed by atoms with Gasteiger partial charge in [-0.3, -0.25) is 9.97 Å². The number of pyridine rings is 2. The SMILES string of the molecule is O=S(=O)(c1cnccc1Cl)N(Cc1cccnc1)C1CC1. The van der Waals surface area contributed by atoms with Crippen molar-refractivity contribution in [3.63, 3.8) is 0 Å². The molecule has 3 rings (SSSR count). The Kier molecular flexibility index (Phi) is 3.93. The van der Waals surface area contributed by atoms with Crippen molar-refractivity contribution >= 4 is 21.6 Å². The summed E-state index contributed by atoms with van der Waals surface area (Å²) in [4.78, 5) is 7.97. The molecule has 1 aliphatic carbocycles. The van der Waals surface area contributed by atoms with Gasteiger partial charge in [-0.15, -0.1) is 0 Å². The van der Waals surface area contributed by atoms with Gasteiger partial charge in [0.2, 0.25) is 10.0 Å². The maximum Gasteiger partial charge on any atom is 0.246 e.